The first kappa shape index (κ1) is 15.3. The van der Waals surface area contributed by atoms with Gasteiger partial charge in [-0.05, 0) is 31.1 Å². The molecule has 0 aromatic rings. The van der Waals surface area contributed by atoms with Gasteiger partial charge in [0.1, 0.15) is 6.04 Å². The van der Waals surface area contributed by atoms with Crippen LogP contribution in [0.4, 0.5) is 0 Å². The highest BCUT2D eigenvalue weighted by molar-refractivity contribution is 5.89. The van der Waals surface area contributed by atoms with Crippen LogP contribution in [0.1, 0.15) is 40.0 Å². The quantitative estimate of drug-likeness (QED) is 0.783. The first-order valence-electron chi connectivity index (χ1n) is 7.79. The van der Waals surface area contributed by atoms with Crippen LogP contribution in [-0.4, -0.2) is 41.9 Å². The van der Waals surface area contributed by atoms with E-state index in [1.54, 1.807) is 4.90 Å². The third kappa shape index (κ3) is 2.82. The molecular weight excluding hydrogens is 254 g/mol. The molecule has 1 heterocycles. The van der Waals surface area contributed by atoms with Crippen molar-refractivity contribution in [1.82, 2.24) is 10.2 Å². The van der Waals surface area contributed by atoms with Gasteiger partial charge in [0, 0.05) is 25.0 Å². The van der Waals surface area contributed by atoms with Gasteiger partial charge in [0.2, 0.25) is 11.8 Å². The smallest absolute Gasteiger partial charge is 0.242 e. The summed E-state index contributed by atoms with van der Waals surface area (Å²) in [5.41, 5.74) is 6.14. The van der Waals surface area contributed by atoms with Gasteiger partial charge in [0.05, 0.1) is 0 Å². The topological polar surface area (TPSA) is 75.4 Å². The molecule has 114 valence electrons. The molecule has 1 saturated carbocycles. The molecule has 5 heteroatoms. The van der Waals surface area contributed by atoms with E-state index in [1.807, 2.05) is 6.92 Å². The number of piperazine rings is 1. The summed E-state index contributed by atoms with van der Waals surface area (Å²) in [4.78, 5) is 26.5. The maximum Gasteiger partial charge on any atom is 0.242 e. The number of nitrogens with two attached hydrogens (primary N) is 1. The Bertz CT molecular complexity index is 385. The van der Waals surface area contributed by atoms with Gasteiger partial charge >= 0.3 is 0 Å². The van der Waals surface area contributed by atoms with E-state index in [-0.39, 0.29) is 29.8 Å². The van der Waals surface area contributed by atoms with Crippen LogP contribution in [0.3, 0.4) is 0 Å². The van der Waals surface area contributed by atoms with E-state index in [1.165, 1.54) is 0 Å². The van der Waals surface area contributed by atoms with E-state index in [0.717, 1.165) is 12.8 Å². The Hall–Kier alpha value is -1.10. The molecule has 0 spiro atoms. The summed E-state index contributed by atoms with van der Waals surface area (Å²) in [5.74, 6) is 0.899. The minimum atomic E-state index is -0.306. The third-order valence-corrected chi connectivity index (χ3v) is 5.01. The molecule has 2 rings (SSSR count). The SMILES string of the molecule is CCC1C(=O)NCCN1C(=O)C1CC(N)C(C)CC1C. The normalized spacial score (nSPS) is 38.5. The zero-order valence-electron chi connectivity index (χ0n) is 12.8. The summed E-state index contributed by atoms with van der Waals surface area (Å²) < 4.78 is 0. The predicted molar refractivity (Wildman–Crippen MR) is 77.8 cm³/mol. The first-order valence-corrected chi connectivity index (χ1v) is 7.79. The molecule has 1 aliphatic heterocycles. The molecule has 2 fully saturated rings. The second-order valence-corrected chi connectivity index (χ2v) is 6.44. The second kappa shape index (κ2) is 6.12. The summed E-state index contributed by atoms with van der Waals surface area (Å²) in [5, 5.41) is 2.84. The van der Waals surface area contributed by atoms with Crippen molar-refractivity contribution in [2.45, 2.75) is 52.1 Å². The highest BCUT2D eigenvalue weighted by Gasteiger charge is 2.40. The van der Waals surface area contributed by atoms with Crippen LogP contribution in [0.5, 0.6) is 0 Å². The molecule has 5 nitrogen and oxygen atoms in total. The molecule has 2 amide bonds. The Morgan fingerprint density at radius 1 is 1.35 bits per heavy atom. The summed E-state index contributed by atoms with van der Waals surface area (Å²) >= 11 is 0. The Kier molecular flexibility index (Phi) is 4.68. The second-order valence-electron chi connectivity index (χ2n) is 6.44. The zero-order valence-corrected chi connectivity index (χ0v) is 12.8. The number of nitrogens with zero attached hydrogens (tertiary/aromatic N) is 1. The Balaban J connectivity index is 2.11. The molecule has 0 radical (unpaired) electrons. The Labute approximate surface area is 121 Å². The predicted octanol–water partition coefficient (Wildman–Crippen LogP) is 0.733. The van der Waals surface area contributed by atoms with Crippen molar-refractivity contribution in [1.29, 1.82) is 0 Å². The molecule has 1 saturated heterocycles. The number of amides is 2. The average Bonchev–Trinajstić information content (AvgIpc) is 2.41. The lowest BCUT2D eigenvalue weighted by molar-refractivity contribution is -0.149. The number of carbonyl (C=O) groups excluding carboxylic acids is 2. The fraction of sp³-hybridized carbons (Fsp3) is 0.867. The van der Waals surface area contributed by atoms with Crippen LogP contribution in [0.2, 0.25) is 0 Å². The van der Waals surface area contributed by atoms with Crippen LogP contribution >= 0.6 is 0 Å². The summed E-state index contributed by atoms with van der Waals surface area (Å²) in [7, 11) is 0. The average molecular weight is 281 g/mol. The van der Waals surface area contributed by atoms with Crippen molar-refractivity contribution >= 4 is 11.8 Å². The van der Waals surface area contributed by atoms with Gasteiger partial charge in [-0.3, -0.25) is 9.59 Å². The monoisotopic (exact) mass is 281 g/mol. The highest BCUT2D eigenvalue weighted by Crippen LogP contribution is 2.34. The minimum Gasteiger partial charge on any atom is -0.353 e. The molecule has 20 heavy (non-hydrogen) atoms. The van der Waals surface area contributed by atoms with E-state index < -0.39 is 0 Å². The number of rotatable bonds is 2. The van der Waals surface area contributed by atoms with E-state index in [2.05, 4.69) is 19.2 Å². The first-order chi connectivity index (χ1) is 9.45. The lowest BCUT2D eigenvalue weighted by Crippen LogP contribution is -2.59. The Morgan fingerprint density at radius 2 is 2.05 bits per heavy atom. The molecule has 0 bridgehead atoms. The van der Waals surface area contributed by atoms with Crippen LogP contribution < -0.4 is 11.1 Å². The van der Waals surface area contributed by atoms with Crippen molar-refractivity contribution < 1.29 is 9.59 Å². The number of hydrogen-bond acceptors (Lipinski definition) is 3. The maximum absolute atomic E-state index is 12.8. The molecule has 0 aromatic heterocycles. The van der Waals surface area contributed by atoms with Gasteiger partial charge in [-0.15, -0.1) is 0 Å². The van der Waals surface area contributed by atoms with Gasteiger partial charge in [0.25, 0.3) is 0 Å². The van der Waals surface area contributed by atoms with E-state index in [9.17, 15) is 9.59 Å². The van der Waals surface area contributed by atoms with Crippen LogP contribution in [0, 0.1) is 17.8 Å². The van der Waals surface area contributed by atoms with Gasteiger partial charge in [-0.1, -0.05) is 20.8 Å². The molecule has 3 N–H and O–H groups in total. The zero-order chi connectivity index (χ0) is 14.9. The summed E-state index contributed by atoms with van der Waals surface area (Å²) in [6.07, 6.45) is 2.41. The minimum absolute atomic E-state index is 0.0202. The Morgan fingerprint density at radius 3 is 2.70 bits per heavy atom. The number of nitrogens with one attached hydrogen (secondary N) is 1. The lowest BCUT2D eigenvalue weighted by atomic mass is 9.72. The molecule has 5 unspecified atom stereocenters. The third-order valence-electron chi connectivity index (χ3n) is 5.01. The van der Waals surface area contributed by atoms with Crippen LogP contribution in [-0.2, 0) is 9.59 Å². The van der Waals surface area contributed by atoms with E-state index in [4.69, 9.17) is 5.73 Å². The van der Waals surface area contributed by atoms with E-state index >= 15 is 0 Å². The van der Waals surface area contributed by atoms with Crippen molar-refractivity contribution in [2.24, 2.45) is 23.5 Å². The van der Waals surface area contributed by atoms with Gasteiger partial charge in [-0.25, -0.2) is 0 Å². The molecular formula is C15H27N3O2. The molecule has 2 aliphatic rings. The van der Waals surface area contributed by atoms with Crippen LogP contribution in [0.25, 0.3) is 0 Å². The highest BCUT2D eigenvalue weighted by atomic mass is 16.2. The van der Waals surface area contributed by atoms with Gasteiger partial charge in [-0.2, -0.15) is 0 Å². The lowest BCUT2D eigenvalue weighted by Gasteiger charge is -2.42. The fourth-order valence-corrected chi connectivity index (χ4v) is 3.62. The number of hydrogen-bond donors (Lipinski definition) is 2. The van der Waals surface area contributed by atoms with Crippen molar-refractivity contribution in [3.8, 4) is 0 Å². The summed E-state index contributed by atoms with van der Waals surface area (Å²) in [6, 6.07) is -0.210. The number of carbonyl (C=O) groups is 2. The molecule has 0 aromatic carbocycles. The van der Waals surface area contributed by atoms with Gasteiger partial charge < -0.3 is 16.0 Å². The molecule has 5 atom stereocenters. The van der Waals surface area contributed by atoms with Crippen LogP contribution in [0.15, 0.2) is 0 Å². The largest absolute Gasteiger partial charge is 0.353 e. The van der Waals surface area contributed by atoms with Crippen molar-refractivity contribution in [2.75, 3.05) is 13.1 Å². The van der Waals surface area contributed by atoms with E-state index in [0.29, 0.717) is 31.3 Å². The standard InChI is InChI=1S/C15H27N3O2/c1-4-13-14(19)17-5-6-18(13)15(20)11-8-12(16)10(3)7-9(11)2/h9-13H,4-8,16H2,1-3H3,(H,17,19). The summed E-state index contributed by atoms with van der Waals surface area (Å²) in [6.45, 7) is 7.43. The van der Waals surface area contributed by atoms with Gasteiger partial charge in [0.15, 0.2) is 0 Å². The molecule has 1 aliphatic carbocycles. The fourth-order valence-electron chi connectivity index (χ4n) is 3.62. The van der Waals surface area contributed by atoms with Crippen molar-refractivity contribution in [3.63, 3.8) is 0 Å². The maximum atomic E-state index is 12.8. The van der Waals surface area contributed by atoms with Crippen molar-refractivity contribution in [3.05, 3.63) is 0 Å².